The molecule has 1 fully saturated rings. The average Bonchev–Trinajstić information content (AvgIpc) is 1.65. The van der Waals surface area contributed by atoms with Crippen molar-refractivity contribution in [3.8, 4) is 0 Å². The van der Waals surface area contributed by atoms with Crippen molar-refractivity contribution >= 4 is 0 Å². The van der Waals surface area contributed by atoms with Gasteiger partial charge in [0.25, 0.3) is 0 Å². The molecule has 0 heterocycles. The van der Waals surface area contributed by atoms with E-state index >= 15 is 0 Å². The summed E-state index contributed by atoms with van der Waals surface area (Å²) in [6, 6.07) is 0. The molecule has 0 aromatic carbocycles. The van der Waals surface area contributed by atoms with Gasteiger partial charge in [-0.15, -0.1) is 0 Å². The molecule has 54 valence electrons. The summed E-state index contributed by atoms with van der Waals surface area (Å²) in [5.74, 6) is -3.76. The van der Waals surface area contributed by atoms with E-state index in [-0.39, 0.29) is 0 Å². The first-order chi connectivity index (χ1) is 3.88. The fourth-order valence-corrected chi connectivity index (χ4v) is 0.796. The fourth-order valence-electron chi connectivity index (χ4n) is 0.796. The van der Waals surface area contributed by atoms with E-state index in [4.69, 9.17) is 0 Å². The molecule has 2 atom stereocenters. The lowest BCUT2D eigenvalue weighted by atomic mass is 9.77. The van der Waals surface area contributed by atoms with Crippen molar-refractivity contribution in [2.75, 3.05) is 0 Å². The summed E-state index contributed by atoms with van der Waals surface area (Å²) in [4.78, 5) is 0. The van der Waals surface area contributed by atoms with Crippen molar-refractivity contribution in [1.82, 2.24) is 0 Å². The first-order valence-corrected chi connectivity index (χ1v) is 2.59. The largest absolute Gasteiger partial charge is 0.311 e. The van der Waals surface area contributed by atoms with Crippen LogP contribution in [0.15, 0.2) is 0 Å². The van der Waals surface area contributed by atoms with Crippen molar-refractivity contribution in [2.45, 2.75) is 31.1 Å². The highest BCUT2D eigenvalue weighted by Gasteiger charge is 2.68. The maximum absolute atomic E-state index is 12.2. The smallest absolute Gasteiger partial charge is 0.241 e. The standard InChI is InChI=1S/C5H6F4/c1-4(7)2-3(6)5(4,8)9/h3H,2H2,1H3. The summed E-state index contributed by atoms with van der Waals surface area (Å²) in [6.45, 7) is 0.711. The summed E-state index contributed by atoms with van der Waals surface area (Å²) in [6.07, 6.45) is -2.97. The van der Waals surface area contributed by atoms with Gasteiger partial charge in [0.1, 0.15) is 0 Å². The quantitative estimate of drug-likeness (QED) is 0.454. The molecule has 1 saturated carbocycles. The van der Waals surface area contributed by atoms with E-state index in [0.29, 0.717) is 6.92 Å². The molecule has 1 aliphatic rings. The number of hydrogen-bond donors (Lipinski definition) is 0. The predicted octanol–water partition coefficient (Wildman–Crippen LogP) is 2.09. The Labute approximate surface area is 49.9 Å². The second-order valence-electron chi connectivity index (χ2n) is 2.49. The Morgan fingerprint density at radius 1 is 1.33 bits per heavy atom. The molecule has 0 spiro atoms. The summed E-state index contributed by atoms with van der Waals surface area (Å²) in [5, 5.41) is 0. The van der Waals surface area contributed by atoms with Crippen LogP contribution < -0.4 is 0 Å². The summed E-state index contributed by atoms with van der Waals surface area (Å²) in [7, 11) is 0. The van der Waals surface area contributed by atoms with Crippen molar-refractivity contribution in [3.05, 3.63) is 0 Å². The van der Waals surface area contributed by atoms with E-state index in [1.54, 1.807) is 0 Å². The SMILES string of the molecule is CC1(F)CC(F)C1(F)F. The van der Waals surface area contributed by atoms with E-state index in [1.807, 2.05) is 0 Å². The third kappa shape index (κ3) is 0.650. The van der Waals surface area contributed by atoms with Crippen molar-refractivity contribution < 1.29 is 17.6 Å². The first kappa shape index (κ1) is 6.83. The van der Waals surface area contributed by atoms with Gasteiger partial charge in [0.15, 0.2) is 11.8 Å². The zero-order valence-corrected chi connectivity index (χ0v) is 4.80. The molecule has 0 bridgehead atoms. The topological polar surface area (TPSA) is 0 Å². The van der Waals surface area contributed by atoms with Gasteiger partial charge in [-0.05, 0) is 6.92 Å². The van der Waals surface area contributed by atoms with E-state index in [9.17, 15) is 17.6 Å². The highest BCUT2D eigenvalue weighted by atomic mass is 19.3. The zero-order chi connectivity index (χ0) is 7.28. The molecule has 0 saturated heterocycles. The van der Waals surface area contributed by atoms with Gasteiger partial charge in [0.2, 0.25) is 0 Å². The summed E-state index contributed by atoms with van der Waals surface area (Å²) in [5.41, 5.74) is -2.62. The number of hydrogen-bond acceptors (Lipinski definition) is 0. The molecule has 0 N–H and O–H groups in total. The van der Waals surface area contributed by atoms with Gasteiger partial charge >= 0.3 is 5.92 Å². The van der Waals surface area contributed by atoms with Crippen LogP contribution in [-0.2, 0) is 0 Å². The van der Waals surface area contributed by atoms with Gasteiger partial charge in [-0.3, -0.25) is 0 Å². The fraction of sp³-hybridized carbons (Fsp3) is 1.00. The Bertz CT molecular complexity index is 129. The molecule has 2 unspecified atom stereocenters. The molecule has 0 aliphatic heterocycles. The highest BCUT2D eigenvalue weighted by molar-refractivity contribution is 5.07. The molecule has 4 heteroatoms. The van der Waals surface area contributed by atoms with Crippen LogP contribution in [0.4, 0.5) is 17.6 Å². The molecule has 1 aliphatic carbocycles. The number of rotatable bonds is 0. The minimum Gasteiger partial charge on any atom is -0.241 e. The van der Waals surface area contributed by atoms with E-state index < -0.39 is 24.2 Å². The highest BCUT2D eigenvalue weighted by Crippen LogP contribution is 2.51. The average molecular weight is 142 g/mol. The van der Waals surface area contributed by atoms with Crippen LogP contribution in [0.1, 0.15) is 13.3 Å². The monoisotopic (exact) mass is 142 g/mol. The molecular formula is C5H6F4. The molecule has 0 aromatic heterocycles. The van der Waals surface area contributed by atoms with Crippen molar-refractivity contribution in [1.29, 1.82) is 0 Å². The van der Waals surface area contributed by atoms with E-state index in [1.165, 1.54) is 0 Å². The van der Waals surface area contributed by atoms with Crippen LogP contribution in [0, 0.1) is 0 Å². The third-order valence-corrected chi connectivity index (χ3v) is 1.65. The number of alkyl halides is 4. The van der Waals surface area contributed by atoms with Crippen LogP contribution in [0.25, 0.3) is 0 Å². The van der Waals surface area contributed by atoms with Gasteiger partial charge in [0, 0.05) is 6.42 Å². The summed E-state index contributed by atoms with van der Waals surface area (Å²) < 4.78 is 48.0. The maximum Gasteiger partial charge on any atom is 0.311 e. The molecule has 0 radical (unpaired) electrons. The Morgan fingerprint density at radius 2 is 1.78 bits per heavy atom. The minimum atomic E-state index is -3.76. The molecule has 9 heavy (non-hydrogen) atoms. The molecule has 0 amide bonds. The lowest BCUT2D eigenvalue weighted by molar-refractivity contribution is -0.250. The molecular weight excluding hydrogens is 136 g/mol. The minimum absolute atomic E-state index is 0.681. The third-order valence-electron chi connectivity index (χ3n) is 1.65. The Balaban J connectivity index is 2.70. The second-order valence-corrected chi connectivity index (χ2v) is 2.49. The van der Waals surface area contributed by atoms with Gasteiger partial charge < -0.3 is 0 Å². The van der Waals surface area contributed by atoms with Gasteiger partial charge in [-0.2, -0.15) is 8.78 Å². The Morgan fingerprint density at radius 3 is 1.78 bits per heavy atom. The van der Waals surface area contributed by atoms with E-state index in [0.717, 1.165) is 0 Å². The van der Waals surface area contributed by atoms with Gasteiger partial charge in [-0.1, -0.05) is 0 Å². The van der Waals surface area contributed by atoms with Gasteiger partial charge in [-0.25, -0.2) is 8.78 Å². The molecule has 0 aromatic rings. The number of halogens is 4. The van der Waals surface area contributed by atoms with Gasteiger partial charge in [0.05, 0.1) is 0 Å². The normalized spacial score (nSPS) is 48.3. The zero-order valence-electron chi connectivity index (χ0n) is 4.80. The maximum atomic E-state index is 12.2. The lowest BCUT2D eigenvalue weighted by Gasteiger charge is -2.42. The van der Waals surface area contributed by atoms with Crippen molar-refractivity contribution in [2.24, 2.45) is 0 Å². The van der Waals surface area contributed by atoms with E-state index in [2.05, 4.69) is 0 Å². The van der Waals surface area contributed by atoms with Crippen LogP contribution in [0.5, 0.6) is 0 Å². The molecule has 1 rings (SSSR count). The lowest BCUT2D eigenvalue weighted by Crippen LogP contribution is -2.61. The van der Waals surface area contributed by atoms with Crippen LogP contribution in [0.3, 0.4) is 0 Å². The van der Waals surface area contributed by atoms with Crippen molar-refractivity contribution in [3.63, 3.8) is 0 Å². The second kappa shape index (κ2) is 1.41. The Kier molecular flexibility index (Phi) is 1.07. The molecule has 0 nitrogen and oxygen atoms in total. The Hall–Kier alpha value is -0.280. The summed E-state index contributed by atoms with van der Waals surface area (Å²) >= 11 is 0. The van der Waals surface area contributed by atoms with Crippen LogP contribution in [0.2, 0.25) is 0 Å². The van der Waals surface area contributed by atoms with Crippen LogP contribution in [-0.4, -0.2) is 17.8 Å². The predicted molar refractivity (Wildman–Crippen MR) is 24.0 cm³/mol. The van der Waals surface area contributed by atoms with Crippen LogP contribution >= 0.6 is 0 Å². The first-order valence-electron chi connectivity index (χ1n) is 2.59.